The van der Waals surface area contributed by atoms with Gasteiger partial charge < -0.3 is 10.2 Å². The van der Waals surface area contributed by atoms with Crippen molar-refractivity contribution in [1.29, 1.82) is 0 Å². The molecule has 0 radical (unpaired) electrons. The molecule has 0 unspecified atom stereocenters. The molecule has 2 amide bonds. The lowest BCUT2D eigenvalue weighted by atomic mass is 10.2. The molecule has 1 saturated heterocycles. The van der Waals surface area contributed by atoms with Gasteiger partial charge in [-0.15, -0.1) is 5.10 Å². The zero-order valence-corrected chi connectivity index (χ0v) is 17.0. The molecule has 1 aliphatic heterocycles. The van der Waals surface area contributed by atoms with E-state index in [9.17, 15) is 13.2 Å². The van der Waals surface area contributed by atoms with Crippen molar-refractivity contribution in [2.75, 3.05) is 31.5 Å². The minimum Gasteiger partial charge on any atom is -0.322 e. The molecule has 3 aromatic rings. The largest absolute Gasteiger partial charge is 0.322 e. The normalized spacial score (nSPS) is 15.2. The molecule has 1 N–H and O–H groups in total. The molecule has 2 aromatic heterocycles. The molecule has 0 bridgehead atoms. The van der Waals surface area contributed by atoms with Gasteiger partial charge in [-0.05, 0) is 47.2 Å². The fourth-order valence-electron chi connectivity index (χ4n) is 3.14. The van der Waals surface area contributed by atoms with E-state index in [1.54, 1.807) is 17.0 Å². The summed E-state index contributed by atoms with van der Waals surface area (Å²) in [6, 6.07) is 8.32. The number of nitrogens with one attached hydrogen (secondary N) is 1. The highest BCUT2D eigenvalue weighted by Crippen LogP contribution is 2.21. The van der Waals surface area contributed by atoms with E-state index in [4.69, 9.17) is 0 Å². The third-order valence-electron chi connectivity index (χ3n) is 4.87. The lowest BCUT2D eigenvalue weighted by Gasteiger charge is -2.34. The standard InChI is InChI=1S/C18H20N8O3S/c1-14-4-5-15(26-13-20-22-23-26)11-17(14)21-18(27)24-7-9-25(10-8-24)30(28,29)16-3-2-6-19-12-16/h2-6,11-13H,7-10H2,1H3,(H,21,27). The van der Waals surface area contributed by atoms with Crippen molar-refractivity contribution >= 4 is 21.7 Å². The Balaban J connectivity index is 1.41. The molecule has 3 heterocycles. The van der Waals surface area contributed by atoms with Crippen molar-refractivity contribution in [1.82, 2.24) is 34.4 Å². The molecule has 0 spiro atoms. The maximum Gasteiger partial charge on any atom is 0.321 e. The van der Waals surface area contributed by atoms with E-state index in [1.165, 1.54) is 33.8 Å². The number of amides is 2. The van der Waals surface area contributed by atoms with Crippen LogP contribution in [0.25, 0.3) is 5.69 Å². The number of aromatic nitrogens is 5. The van der Waals surface area contributed by atoms with Gasteiger partial charge in [0.2, 0.25) is 10.0 Å². The highest BCUT2D eigenvalue weighted by Gasteiger charge is 2.30. The maximum absolute atomic E-state index is 12.7. The number of hydrogen-bond acceptors (Lipinski definition) is 7. The van der Waals surface area contributed by atoms with Gasteiger partial charge >= 0.3 is 6.03 Å². The van der Waals surface area contributed by atoms with Crippen LogP contribution in [0.15, 0.2) is 53.9 Å². The number of pyridine rings is 1. The number of benzene rings is 1. The van der Waals surface area contributed by atoms with Gasteiger partial charge in [0.15, 0.2) is 0 Å². The summed E-state index contributed by atoms with van der Waals surface area (Å²) < 4.78 is 28.3. The van der Waals surface area contributed by atoms with Crippen LogP contribution in [0, 0.1) is 6.92 Å². The van der Waals surface area contributed by atoms with Gasteiger partial charge in [-0.1, -0.05) is 6.07 Å². The molecule has 12 heteroatoms. The average Bonchev–Trinajstić information content (AvgIpc) is 3.31. The van der Waals surface area contributed by atoms with Crippen LogP contribution in [0.2, 0.25) is 0 Å². The zero-order valence-electron chi connectivity index (χ0n) is 16.2. The number of rotatable bonds is 4. The van der Waals surface area contributed by atoms with Gasteiger partial charge in [-0.2, -0.15) is 4.31 Å². The van der Waals surface area contributed by atoms with Crippen molar-refractivity contribution in [2.24, 2.45) is 0 Å². The Labute approximate surface area is 173 Å². The summed E-state index contributed by atoms with van der Waals surface area (Å²) >= 11 is 0. The lowest BCUT2D eigenvalue weighted by Crippen LogP contribution is -2.51. The van der Waals surface area contributed by atoms with E-state index in [2.05, 4.69) is 25.8 Å². The first kappa shape index (κ1) is 19.9. The second-order valence-corrected chi connectivity index (χ2v) is 8.70. The number of aryl methyl sites for hydroxylation is 1. The van der Waals surface area contributed by atoms with Crippen LogP contribution >= 0.6 is 0 Å². The Morgan fingerprint density at radius 1 is 1.13 bits per heavy atom. The van der Waals surface area contributed by atoms with E-state index >= 15 is 0 Å². The average molecular weight is 428 g/mol. The van der Waals surface area contributed by atoms with E-state index in [0.29, 0.717) is 11.4 Å². The van der Waals surface area contributed by atoms with Crippen LogP contribution in [0.1, 0.15) is 5.56 Å². The minimum absolute atomic E-state index is 0.151. The molecule has 30 heavy (non-hydrogen) atoms. The number of anilines is 1. The first-order valence-corrected chi connectivity index (χ1v) is 10.7. The number of carbonyl (C=O) groups excluding carboxylic acids is 1. The summed E-state index contributed by atoms with van der Waals surface area (Å²) in [6.07, 6.45) is 4.32. The summed E-state index contributed by atoms with van der Waals surface area (Å²) in [5.74, 6) is 0. The zero-order chi connectivity index (χ0) is 21.1. The van der Waals surface area contributed by atoms with Crippen molar-refractivity contribution in [3.63, 3.8) is 0 Å². The van der Waals surface area contributed by atoms with E-state index < -0.39 is 10.0 Å². The van der Waals surface area contributed by atoms with Crippen LogP contribution in [-0.4, -0.2) is 75.0 Å². The van der Waals surface area contributed by atoms with Crippen LogP contribution in [0.5, 0.6) is 0 Å². The quantitative estimate of drug-likeness (QED) is 0.654. The highest BCUT2D eigenvalue weighted by molar-refractivity contribution is 7.89. The molecule has 11 nitrogen and oxygen atoms in total. The number of hydrogen-bond donors (Lipinski definition) is 1. The monoisotopic (exact) mass is 428 g/mol. The van der Waals surface area contributed by atoms with Crippen LogP contribution < -0.4 is 5.32 Å². The number of nitrogens with zero attached hydrogens (tertiary/aromatic N) is 7. The van der Waals surface area contributed by atoms with Gasteiger partial charge in [0.1, 0.15) is 11.2 Å². The maximum atomic E-state index is 12.7. The van der Waals surface area contributed by atoms with Crippen molar-refractivity contribution in [3.05, 3.63) is 54.6 Å². The van der Waals surface area contributed by atoms with Gasteiger partial charge in [-0.25, -0.2) is 17.9 Å². The van der Waals surface area contributed by atoms with Crippen molar-refractivity contribution in [2.45, 2.75) is 11.8 Å². The first-order chi connectivity index (χ1) is 14.4. The van der Waals surface area contributed by atoms with Crippen LogP contribution in [0.3, 0.4) is 0 Å². The van der Waals surface area contributed by atoms with Crippen molar-refractivity contribution < 1.29 is 13.2 Å². The van der Waals surface area contributed by atoms with Crippen LogP contribution in [-0.2, 0) is 10.0 Å². The summed E-state index contributed by atoms with van der Waals surface area (Å²) in [6.45, 7) is 2.90. The number of tetrazole rings is 1. The molecule has 156 valence electrons. The fraction of sp³-hybridized carbons (Fsp3) is 0.278. The van der Waals surface area contributed by atoms with Gasteiger partial charge in [0.25, 0.3) is 0 Å². The Morgan fingerprint density at radius 3 is 2.60 bits per heavy atom. The Hall–Kier alpha value is -3.38. The summed E-state index contributed by atoms with van der Waals surface area (Å²) in [5.41, 5.74) is 2.24. The molecule has 0 saturated carbocycles. The van der Waals surface area contributed by atoms with E-state index in [0.717, 1.165) is 5.56 Å². The second-order valence-electron chi connectivity index (χ2n) is 6.76. The summed E-state index contributed by atoms with van der Waals surface area (Å²) in [7, 11) is -3.62. The van der Waals surface area contributed by atoms with Crippen LogP contribution in [0.4, 0.5) is 10.5 Å². The lowest BCUT2D eigenvalue weighted by molar-refractivity contribution is 0.184. The third-order valence-corrected chi connectivity index (χ3v) is 6.76. The first-order valence-electron chi connectivity index (χ1n) is 9.25. The molecule has 0 aliphatic carbocycles. The predicted octanol–water partition coefficient (Wildman–Crippen LogP) is 0.904. The third kappa shape index (κ3) is 4.00. The number of piperazine rings is 1. The molecule has 1 aliphatic rings. The minimum atomic E-state index is -3.62. The van der Waals surface area contributed by atoms with E-state index in [-0.39, 0.29) is 37.1 Å². The summed E-state index contributed by atoms with van der Waals surface area (Å²) in [5, 5.41) is 14.0. The molecule has 4 rings (SSSR count). The second kappa shape index (κ2) is 8.16. The predicted molar refractivity (Wildman–Crippen MR) is 107 cm³/mol. The smallest absolute Gasteiger partial charge is 0.321 e. The van der Waals surface area contributed by atoms with Gasteiger partial charge in [0.05, 0.1) is 5.69 Å². The topological polar surface area (TPSA) is 126 Å². The fourth-order valence-corrected chi connectivity index (χ4v) is 4.53. The summed E-state index contributed by atoms with van der Waals surface area (Å²) in [4.78, 5) is 18.4. The Kier molecular flexibility index (Phi) is 5.42. The van der Waals surface area contributed by atoms with E-state index in [1.807, 2.05) is 19.1 Å². The number of urea groups is 1. The molecule has 1 fully saturated rings. The molecular weight excluding hydrogens is 408 g/mol. The Bertz CT molecular complexity index is 1130. The SMILES string of the molecule is Cc1ccc(-n2cnnn2)cc1NC(=O)N1CCN(S(=O)(=O)c2cccnc2)CC1. The van der Waals surface area contributed by atoms with Gasteiger partial charge in [-0.3, -0.25) is 4.98 Å². The molecule has 0 atom stereocenters. The van der Waals surface area contributed by atoms with Crippen molar-refractivity contribution in [3.8, 4) is 5.69 Å². The molecule has 1 aromatic carbocycles. The Morgan fingerprint density at radius 2 is 1.93 bits per heavy atom. The highest BCUT2D eigenvalue weighted by atomic mass is 32.2. The molecular formula is C18H20N8O3S. The van der Waals surface area contributed by atoms with Gasteiger partial charge in [0, 0.05) is 44.3 Å². The number of sulfonamides is 1. The number of carbonyl (C=O) groups is 1.